The first kappa shape index (κ1) is 27.2. The van der Waals surface area contributed by atoms with E-state index in [9.17, 15) is 24.5 Å². The fourth-order valence-electron chi connectivity index (χ4n) is 3.46. The number of aryl methyl sites for hydroxylation is 1. The molecule has 0 unspecified atom stereocenters. The fraction of sp³-hybridized carbons (Fsp3) is 0.115. The number of benzene rings is 3. The molecule has 1 heterocycles. The molecule has 0 spiro atoms. The van der Waals surface area contributed by atoms with Gasteiger partial charge in [-0.25, -0.2) is 0 Å². The number of rotatable bonds is 8. The molecule has 1 aliphatic heterocycles. The third-order valence-corrected chi connectivity index (χ3v) is 7.61. The number of anilines is 1. The maximum absolute atomic E-state index is 12.9. The Labute approximate surface area is 231 Å². The Morgan fingerprint density at radius 3 is 2.55 bits per heavy atom. The number of imide groups is 1. The van der Waals surface area contributed by atoms with E-state index in [1.54, 1.807) is 24.3 Å². The SMILES string of the molecule is COc1ccc(NC(=O)CN2C(=O)S/C(=C\c3ccc(Sc4ccc(C)cc4)c([N+](=O)[O-])c3)C2=O)cc1Cl. The summed E-state index contributed by atoms with van der Waals surface area (Å²) in [7, 11) is 1.46. The number of nitro benzene ring substituents is 1. The highest BCUT2D eigenvalue weighted by Gasteiger charge is 2.36. The topological polar surface area (TPSA) is 119 Å². The van der Waals surface area contributed by atoms with Crippen molar-refractivity contribution >= 4 is 69.6 Å². The van der Waals surface area contributed by atoms with Crippen LogP contribution in [0, 0.1) is 17.0 Å². The van der Waals surface area contributed by atoms with E-state index in [4.69, 9.17) is 16.3 Å². The summed E-state index contributed by atoms with van der Waals surface area (Å²) in [5.41, 5.74) is 1.71. The van der Waals surface area contributed by atoms with Crippen molar-refractivity contribution in [3.05, 3.63) is 91.8 Å². The van der Waals surface area contributed by atoms with Crippen molar-refractivity contribution in [2.24, 2.45) is 0 Å². The summed E-state index contributed by atoms with van der Waals surface area (Å²) in [6, 6.07) is 16.8. The van der Waals surface area contributed by atoms with Gasteiger partial charge in [0.2, 0.25) is 5.91 Å². The van der Waals surface area contributed by atoms with Gasteiger partial charge in [-0.1, -0.05) is 47.1 Å². The zero-order chi connectivity index (χ0) is 27.4. The van der Waals surface area contributed by atoms with Crippen LogP contribution in [0.5, 0.6) is 5.75 Å². The molecule has 3 aromatic carbocycles. The summed E-state index contributed by atoms with van der Waals surface area (Å²) in [6.07, 6.45) is 1.40. The average molecular weight is 570 g/mol. The molecule has 1 fully saturated rings. The summed E-state index contributed by atoms with van der Waals surface area (Å²) in [4.78, 5) is 51.2. The predicted octanol–water partition coefficient (Wildman–Crippen LogP) is 6.39. The van der Waals surface area contributed by atoms with Gasteiger partial charge in [-0.15, -0.1) is 0 Å². The first-order valence-electron chi connectivity index (χ1n) is 11.1. The molecule has 3 aromatic rings. The molecule has 3 amide bonds. The molecule has 1 N–H and O–H groups in total. The van der Waals surface area contributed by atoms with E-state index in [1.807, 2.05) is 31.2 Å². The van der Waals surface area contributed by atoms with Crippen molar-refractivity contribution in [3.63, 3.8) is 0 Å². The van der Waals surface area contributed by atoms with Crippen LogP contribution in [-0.2, 0) is 9.59 Å². The molecule has 1 aliphatic rings. The number of amides is 3. The Balaban J connectivity index is 1.48. The molecule has 0 atom stereocenters. The van der Waals surface area contributed by atoms with Gasteiger partial charge >= 0.3 is 0 Å². The maximum Gasteiger partial charge on any atom is 0.294 e. The first-order valence-corrected chi connectivity index (χ1v) is 13.1. The van der Waals surface area contributed by atoms with E-state index in [-0.39, 0.29) is 15.6 Å². The smallest absolute Gasteiger partial charge is 0.294 e. The third-order valence-electron chi connectivity index (χ3n) is 5.34. The molecule has 0 radical (unpaired) electrons. The summed E-state index contributed by atoms with van der Waals surface area (Å²) in [6.45, 7) is 1.45. The Hall–Kier alpha value is -3.80. The molecule has 0 bridgehead atoms. The number of methoxy groups -OCH3 is 1. The Kier molecular flexibility index (Phi) is 8.40. The van der Waals surface area contributed by atoms with Gasteiger partial charge in [0.1, 0.15) is 12.3 Å². The van der Waals surface area contributed by atoms with Gasteiger partial charge in [0.05, 0.1) is 26.9 Å². The minimum atomic E-state index is -0.663. The predicted molar refractivity (Wildman–Crippen MR) is 148 cm³/mol. The monoisotopic (exact) mass is 569 g/mol. The van der Waals surface area contributed by atoms with Crippen LogP contribution in [0.1, 0.15) is 11.1 Å². The highest BCUT2D eigenvalue weighted by molar-refractivity contribution is 8.18. The number of carbonyl (C=O) groups excluding carboxylic acids is 3. The minimum absolute atomic E-state index is 0.0588. The standard InChI is InChI=1S/C26H20ClN3O6S2/c1-15-3-7-18(8-4-15)37-22-10-5-16(11-20(22)30(34)35)12-23-25(32)29(26(33)38-23)14-24(31)28-17-6-9-21(36-2)19(27)13-17/h3-13H,14H2,1-2H3,(H,28,31)/b23-12-. The summed E-state index contributed by atoms with van der Waals surface area (Å²) >= 11 is 7.98. The molecular formula is C26H20ClN3O6S2. The van der Waals surface area contributed by atoms with Crippen molar-refractivity contribution in [1.82, 2.24) is 4.90 Å². The lowest BCUT2D eigenvalue weighted by Crippen LogP contribution is -2.36. The van der Waals surface area contributed by atoms with Gasteiger partial charge in [-0.05, 0) is 66.7 Å². The highest BCUT2D eigenvalue weighted by Crippen LogP contribution is 2.37. The lowest BCUT2D eigenvalue weighted by Gasteiger charge is -2.13. The molecule has 194 valence electrons. The number of nitrogens with one attached hydrogen (secondary N) is 1. The Morgan fingerprint density at radius 1 is 1.16 bits per heavy atom. The molecule has 1 saturated heterocycles. The molecule has 12 heteroatoms. The number of ether oxygens (including phenoxy) is 1. The molecule has 0 saturated carbocycles. The maximum atomic E-state index is 12.9. The van der Waals surface area contributed by atoms with Crippen LogP contribution in [0.4, 0.5) is 16.2 Å². The Morgan fingerprint density at radius 2 is 1.89 bits per heavy atom. The van der Waals surface area contributed by atoms with Crippen molar-refractivity contribution in [2.45, 2.75) is 16.7 Å². The summed E-state index contributed by atoms with van der Waals surface area (Å²) in [5.74, 6) is -0.825. The van der Waals surface area contributed by atoms with Gasteiger partial charge < -0.3 is 10.1 Å². The number of hydrogen-bond donors (Lipinski definition) is 1. The van der Waals surface area contributed by atoms with Crippen LogP contribution >= 0.6 is 35.1 Å². The summed E-state index contributed by atoms with van der Waals surface area (Å²) < 4.78 is 5.07. The zero-order valence-corrected chi connectivity index (χ0v) is 22.5. The van der Waals surface area contributed by atoms with Crippen molar-refractivity contribution in [1.29, 1.82) is 0 Å². The fourth-order valence-corrected chi connectivity index (χ4v) is 5.46. The van der Waals surface area contributed by atoms with Gasteiger partial charge in [0.25, 0.3) is 16.8 Å². The average Bonchev–Trinajstić information content (AvgIpc) is 3.13. The van der Waals surface area contributed by atoms with Crippen molar-refractivity contribution in [3.8, 4) is 5.75 Å². The van der Waals surface area contributed by atoms with Crippen LogP contribution in [0.25, 0.3) is 6.08 Å². The number of nitro groups is 1. The third kappa shape index (κ3) is 6.36. The Bertz CT molecular complexity index is 1480. The van der Waals surface area contributed by atoms with E-state index in [0.717, 1.165) is 15.4 Å². The number of halogens is 1. The van der Waals surface area contributed by atoms with Crippen LogP contribution < -0.4 is 10.1 Å². The van der Waals surface area contributed by atoms with E-state index in [1.165, 1.54) is 37.1 Å². The number of carbonyl (C=O) groups is 3. The lowest BCUT2D eigenvalue weighted by atomic mass is 10.2. The van der Waals surface area contributed by atoms with E-state index < -0.39 is 28.5 Å². The molecule has 0 aliphatic carbocycles. The lowest BCUT2D eigenvalue weighted by molar-refractivity contribution is -0.387. The van der Waals surface area contributed by atoms with Gasteiger partial charge in [-0.2, -0.15) is 0 Å². The van der Waals surface area contributed by atoms with Crippen LogP contribution in [0.2, 0.25) is 5.02 Å². The normalized spacial score (nSPS) is 14.2. The second kappa shape index (κ2) is 11.7. The highest BCUT2D eigenvalue weighted by atomic mass is 35.5. The second-order valence-electron chi connectivity index (χ2n) is 8.06. The summed E-state index contributed by atoms with van der Waals surface area (Å²) in [5, 5.41) is 14.0. The molecular weight excluding hydrogens is 550 g/mol. The van der Waals surface area contributed by atoms with Gasteiger partial charge in [0, 0.05) is 16.6 Å². The second-order valence-corrected chi connectivity index (χ2v) is 10.6. The van der Waals surface area contributed by atoms with Gasteiger partial charge in [-0.3, -0.25) is 29.4 Å². The number of hydrogen-bond acceptors (Lipinski definition) is 8. The minimum Gasteiger partial charge on any atom is -0.495 e. The largest absolute Gasteiger partial charge is 0.495 e. The number of thioether (sulfide) groups is 1. The van der Waals surface area contributed by atoms with Gasteiger partial charge in [0.15, 0.2) is 0 Å². The van der Waals surface area contributed by atoms with Crippen LogP contribution in [0.3, 0.4) is 0 Å². The molecule has 0 aromatic heterocycles. The molecule has 4 rings (SSSR count). The van der Waals surface area contributed by atoms with Crippen molar-refractivity contribution in [2.75, 3.05) is 19.0 Å². The van der Waals surface area contributed by atoms with Crippen LogP contribution in [0.15, 0.2) is 75.4 Å². The molecule has 9 nitrogen and oxygen atoms in total. The first-order chi connectivity index (χ1) is 18.1. The van der Waals surface area contributed by atoms with E-state index in [0.29, 0.717) is 33.7 Å². The van der Waals surface area contributed by atoms with E-state index in [2.05, 4.69) is 5.32 Å². The van der Waals surface area contributed by atoms with Crippen molar-refractivity contribution < 1.29 is 24.0 Å². The quantitative estimate of drug-likeness (QED) is 0.188. The number of nitrogens with zero attached hydrogens (tertiary/aromatic N) is 2. The molecule has 38 heavy (non-hydrogen) atoms. The van der Waals surface area contributed by atoms with E-state index >= 15 is 0 Å². The zero-order valence-electron chi connectivity index (χ0n) is 20.1. The van der Waals surface area contributed by atoms with Crippen LogP contribution in [-0.4, -0.2) is 40.5 Å².